The largest absolute Gasteiger partial charge is 0.493 e. The van der Waals surface area contributed by atoms with Gasteiger partial charge in [-0.05, 0) is 60.9 Å². The number of aromatic nitrogens is 1. The Morgan fingerprint density at radius 3 is 2.47 bits per heavy atom. The number of thiazole rings is 1. The summed E-state index contributed by atoms with van der Waals surface area (Å²) in [5.41, 5.74) is 1.64. The summed E-state index contributed by atoms with van der Waals surface area (Å²) in [5.74, 6) is 1.20. The van der Waals surface area contributed by atoms with Crippen LogP contribution in [0.3, 0.4) is 0 Å². The number of esters is 1. The van der Waals surface area contributed by atoms with Crippen LogP contribution in [-0.2, 0) is 16.1 Å². The fourth-order valence-electron chi connectivity index (χ4n) is 4.98. The molecule has 0 amide bonds. The summed E-state index contributed by atoms with van der Waals surface area (Å²) < 4.78 is 30.5. The number of nitro benzene ring substituents is 1. The molecule has 4 aromatic rings. The predicted molar refractivity (Wildman–Crippen MR) is 178 cm³/mol. The molecule has 0 bridgehead atoms. The summed E-state index contributed by atoms with van der Waals surface area (Å²) >= 11 is 4.74. The Morgan fingerprint density at radius 1 is 1.02 bits per heavy atom. The minimum atomic E-state index is -0.835. The van der Waals surface area contributed by atoms with Gasteiger partial charge in [0, 0.05) is 22.8 Å². The maximum atomic E-state index is 14.0. The number of halogens is 1. The molecule has 3 aromatic carbocycles. The smallest absolute Gasteiger partial charge is 0.337 e. The van der Waals surface area contributed by atoms with Gasteiger partial charge in [0.1, 0.15) is 6.61 Å². The Kier molecular flexibility index (Phi) is 10.4. The van der Waals surface area contributed by atoms with Crippen LogP contribution in [0.25, 0.3) is 6.08 Å². The van der Waals surface area contributed by atoms with Gasteiger partial charge in [-0.2, -0.15) is 0 Å². The first kappa shape index (κ1) is 33.4. The Balaban J connectivity index is 1.54. The van der Waals surface area contributed by atoms with E-state index in [0.29, 0.717) is 66.7 Å². The minimum absolute atomic E-state index is 0.0331. The van der Waals surface area contributed by atoms with E-state index in [1.165, 1.54) is 48.5 Å². The molecule has 14 heteroatoms. The first-order valence-corrected chi connectivity index (χ1v) is 16.0. The van der Waals surface area contributed by atoms with Gasteiger partial charge >= 0.3 is 5.97 Å². The average Bonchev–Trinajstić information content (AvgIpc) is 3.39. The molecule has 1 atom stereocenters. The SMILES string of the molecule is CCOc1ccc([C@@H]2C(C(=O)OC)=CN=c3s/c(=C\c4cc(OC)c(OCc5cccc([N+](=O)[O-])c5)cc4Br)c(=O)n32)cc1OCC. The molecule has 0 radical (unpaired) electrons. The van der Waals surface area contributed by atoms with Gasteiger partial charge in [0.25, 0.3) is 11.2 Å². The first-order valence-electron chi connectivity index (χ1n) is 14.4. The van der Waals surface area contributed by atoms with E-state index in [1.54, 1.807) is 48.5 Å². The maximum absolute atomic E-state index is 14.0. The van der Waals surface area contributed by atoms with E-state index >= 15 is 0 Å². The zero-order chi connectivity index (χ0) is 33.7. The standard InChI is InChI=1S/C33H30BrN3O9S/c1-5-44-25-11-10-20(13-27(25)45-6-2)30-23(32(39)43-4)17-35-33-36(30)31(38)29(47-33)15-21-14-26(42-3)28(16-24(21)34)46-18-19-8-7-9-22(12-19)37(40)41/h7-17,30H,5-6,18H2,1-4H3/b29-15-/t30-/m1/s1. The van der Waals surface area contributed by atoms with Crippen molar-refractivity contribution in [2.45, 2.75) is 26.5 Å². The summed E-state index contributed by atoms with van der Waals surface area (Å²) in [4.78, 5) is 42.4. The highest BCUT2D eigenvalue weighted by Gasteiger charge is 2.31. The average molecular weight is 725 g/mol. The van der Waals surface area contributed by atoms with E-state index in [2.05, 4.69) is 20.9 Å². The summed E-state index contributed by atoms with van der Waals surface area (Å²) in [6.45, 7) is 4.63. The molecule has 0 N–H and O–H groups in total. The molecule has 5 rings (SSSR count). The monoisotopic (exact) mass is 723 g/mol. The zero-order valence-electron chi connectivity index (χ0n) is 25.9. The minimum Gasteiger partial charge on any atom is -0.493 e. The molecule has 0 aliphatic carbocycles. The summed E-state index contributed by atoms with van der Waals surface area (Å²) in [5, 5.41) is 11.1. The molecule has 47 heavy (non-hydrogen) atoms. The van der Waals surface area contributed by atoms with Crippen LogP contribution in [0.15, 0.2) is 80.6 Å². The number of nitrogens with zero attached hydrogens (tertiary/aromatic N) is 3. The molecule has 12 nitrogen and oxygen atoms in total. The third-order valence-electron chi connectivity index (χ3n) is 7.09. The topological polar surface area (TPSA) is 141 Å². The normalized spacial score (nSPS) is 14.0. The van der Waals surface area contributed by atoms with Crippen molar-refractivity contribution in [2.24, 2.45) is 4.99 Å². The number of benzene rings is 3. The van der Waals surface area contributed by atoms with Crippen molar-refractivity contribution in [1.29, 1.82) is 0 Å². The molecule has 1 aromatic heterocycles. The summed E-state index contributed by atoms with van der Waals surface area (Å²) in [7, 11) is 2.76. The lowest BCUT2D eigenvalue weighted by Gasteiger charge is -2.23. The van der Waals surface area contributed by atoms with Gasteiger partial charge in [0.2, 0.25) is 0 Å². The second-order valence-corrected chi connectivity index (χ2v) is 11.9. The number of carbonyl (C=O) groups excluding carboxylic acids is 1. The van der Waals surface area contributed by atoms with Crippen LogP contribution in [-0.4, -0.2) is 42.9 Å². The highest BCUT2D eigenvalue weighted by molar-refractivity contribution is 9.10. The first-order chi connectivity index (χ1) is 22.7. The van der Waals surface area contributed by atoms with Gasteiger partial charge in [-0.15, -0.1) is 0 Å². The summed E-state index contributed by atoms with van der Waals surface area (Å²) in [6.07, 6.45) is 3.12. The van der Waals surface area contributed by atoms with Crippen LogP contribution in [0, 0.1) is 10.1 Å². The van der Waals surface area contributed by atoms with Gasteiger partial charge in [0.15, 0.2) is 27.8 Å². The fourth-order valence-corrected chi connectivity index (χ4v) is 6.38. The molecule has 0 unspecified atom stereocenters. The lowest BCUT2D eigenvalue weighted by Crippen LogP contribution is -2.39. The Morgan fingerprint density at radius 2 is 1.77 bits per heavy atom. The van der Waals surface area contributed by atoms with Crippen molar-refractivity contribution in [2.75, 3.05) is 27.4 Å². The Hall–Kier alpha value is -4.95. The number of hydrogen-bond donors (Lipinski definition) is 0. The number of carbonyl (C=O) groups is 1. The molecule has 1 aliphatic rings. The number of fused-ring (bicyclic) bond motifs is 1. The fraction of sp³-hybridized carbons (Fsp3) is 0.242. The number of nitro groups is 1. The van der Waals surface area contributed by atoms with Crippen LogP contribution in [0.4, 0.5) is 5.69 Å². The highest BCUT2D eigenvalue weighted by Crippen LogP contribution is 2.36. The van der Waals surface area contributed by atoms with Crippen molar-refractivity contribution in [3.05, 3.63) is 117 Å². The number of rotatable bonds is 12. The van der Waals surface area contributed by atoms with Crippen molar-refractivity contribution < 1.29 is 33.4 Å². The van der Waals surface area contributed by atoms with Crippen LogP contribution in [0.2, 0.25) is 0 Å². The van der Waals surface area contributed by atoms with Crippen LogP contribution in [0.5, 0.6) is 23.0 Å². The third-order valence-corrected chi connectivity index (χ3v) is 8.78. The molecule has 0 saturated heterocycles. The van der Waals surface area contributed by atoms with Crippen LogP contribution < -0.4 is 33.8 Å². The van der Waals surface area contributed by atoms with Gasteiger partial charge in [-0.1, -0.05) is 45.5 Å². The van der Waals surface area contributed by atoms with Gasteiger partial charge in [-0.3, -0.25) is 19.5 Å². The number of hydrogen-bond acceptors (Lipinski definition) is 11. The molecular formula is C33H30BrN3O9S. The highest BCUT2D eigenvalue weighted by atomic mass is 79.9. The molecule has 0 spiro atoms. The molecule has 1 aliphatic heterocycles. The van der Waals surface area contributed by atoms with Gasteiger partial charge in [0.05, 0.1) is 48.5 Å². The maximum Gasteiger partial charge on any atom is 0.337 e. The second kappa shape index (κ2) is 14.6. The molecular weight excluding hydrogens is 694 g/mol. The van der Waals surface area contributed by atoms with E-state index in [1.807, 2.05) is 13.8 Å². The Bertz CT molecular complexity index is 2050. The van der Waals surface area contributed by atoms with Gasteiger partial charge < -0.3 is 23.7 Å². The second-order valence-electron chi connectivity index (χ2n) is 9.99. The third kappa shape index (κ3) is 7.08. The van der Waals surface area contributed by atoms with Gasteiger partial charge in [-0.25, -0.2) is 9.79 Å². The van der Waals surface area contributed by atoms with Crippen LogP contribution >= 0.6 is 27.3 Å². The number of ether oxygens (including phenoxy) is 5. The van der Waals surface area contributed by atoms with E-state index in [9.17, 15) is 19.7 Å². The van der Waals surface area contributed by atoms with E-state index in [-0.39, 0.29) is 23.4 Å². The van der Waals surface area contributed by atoms with E-state index in [4.69, 9.17) is 23.7 Å². The van der Waals surface area contributed by atoms with Crippen LogP contribution in [0.1, 0.15) is 36.6 Å². The van der Waals surface area contributed by atoms with Crippen molar-refractivity contribution in [3.63, 3.8) is 0 Å². The molecule has 244 valence electrons. The number of non-ortho nitro benzene ring substituents is 1. The molecule has 2 heterocycles. The van der Waals surface area contributed by atoms with Crippen molar-refractivity contribution in [1.82, 2.24) is 4.57 Å². The quantitative estimate of drug-likeness (QED) is 0.111. The summed E-state index contributed by atoms with van der Waals surface area (Å²) in [6, 6.07) is 14.0. The lowest BCUT2D eigenvalue weighted by atomic mass is 9.97. The molecule has 0 fully saturated rings. The van der Waals surface area contributed by atoms with E-state index in [0.717, 1.165) is 0 Å². The molecule has 0 saturated carbocycles. The zero-order valence-corrected chi connectivity index (χ0v) is 28.3. The predicted octanol–water partition coefficient (Wildman–Crippen LogP) is 5.07. The lowest BCUT2D eigenvalue weighted by molar-refractivity contribution is -0.384. The van der Waals surface area contributed by atoms with Crippen molar-refractivity contribution >= 4 is 45.0 Å². The van der Waals surface area contributed by atoms with Crippen molar-refractivity contribution in [3.8, 4) is 23.0 Å². The van der Waals surface area contributed by atoms with E-state index < -0.39 is 16.9 Å². The Labute approximate surface area is 281 Å². The number of methoxy groups -OCH3 is 2.